The van der Waals surface area contributed by atoms with Crippen LogP contribution >= 0.6 is 0 Å². The van der Waals surface area contributed by atoms with Crippen molar-refractivity contribution in [2.45, 2.75) is 182 Å². The number of nitrogens with one attached hydrogen (secondary N) is 5. The van der Waals surface area contributed by atoms with Crippen molar-refractivity contribution < 1.29 is 33.5 Å². The van der Waals surface area contributed by atoms with E-state index in [-0.39, 0.29) is 54.3 Å². The second-order valence-corrected chi connectivity index (χ2v) is 20.6. The zero-order chi connectivity index (χ0) is 50.9. The van der Waals surface area contributed by atoms with Crippen molar-refractivity contribution in [2.75, 3.05) is 26.7 Å². The van der Waals surface area contributed by atoms with Gasteiger partial charge in [-0.1, -0.05) is 98.6 Å². The van der Waals surface area contributed by atoms with Crippen LogP contribution in [0.15, 0.2) is 24.3 Å². The first-order valence-corrected chi connectivity index (χ1v) is 25.8. The molecule has 0 radical (unpaired) electrons. The fourth-order valence-corrected chi connectivity index (χ4v) is 9.38. The van der Waals surface area contributed by atoms with Gasteiger partial charge in [-0.05, 0) is 107 Å². The first kappa shape index (κ1) is 59.8. The average Bonchev–Trinajstić information content (AvgIpc) is 3.28. The number of ether oxygens (including phenoxy) is 1. The Bertz CT molecular complexity index is 1670. The average molecular weight is 956 g/mol. The van der Waals surface area contributed by atoms with Gasteiger partial charge >= 0.3 is 0 Å². The molecule has 16 heteroatoms. The number of rotatable bonds is 33. The predicted octanol–water partition coefficient (Wildman–Crippen LogP) is 4.59. The van der Waals surface area contributed by atoms with E-state index in [0.29, 0.717) is 69.7 Å². The molecule has 6 amide bonds. The Morgan fingerprint density at radius 3 is 1.82 bits per heavy atom. The van der Waals surface area contributed by atoms with E-state index in [1.165, 1.54) is 6.42 Å². The lowest BCUT2D eigenvalue weighted by atomic mass is 9.81. The van der Waals surface area contributed by atoms with Gasteiger partial charge in [0.2, 0.25) is 35.4 Å². The highest BCUT2D eigenvalue weighted by Crippen LogP contribution is 2.30. The molecule has 1 aromatic rings. The largest absolute Gasteiger partial charge is 0.497 e. The Morgan fingerprint density at radius 2 is 1.28 bits per heavy atom. The minimum Gasteiger partial charge on any atom is -0.497 e. The molecule has 0 unspecified atom stereocenters. The van der Waals surface area contributed by atoms with Crippen molar-refractivity contribution in [1.29, 1.82) is 0 Å². The second kappa shape index (κ2) is 31.8. The van der Waals surface area contributed by atoms with Gasteiger partial charge in [-0.15, -0.1) is 0 Å². The molecule has 388 valence electrons. The number of hydrogen-bond donors (Lipinski definition) is 9. The van der Waals surface area contributed by atoms with E-state index in [2.05, 4.69) is 26.6 Å². The molecule has 68 heavy (non-hydrogen) atoms. The smallest absolute Gasteiger partial charge is 0.225 e. The van der Waals surface area contributed by atoms with Crippen LogP contribution in [-0.4, -0.2) is 92.4 Å². The highest BCUT2D eigenvalue weighted by atomic mass is 16.5. The number of methoxy groups -OCH3 is 1. The normalized spacial score (nSPS) is 17.6. The van der Waals surface area contributed by atoms with Gasteiger partial charge in [0.25, 0.3) is 0 Å². The minimum absolute atomic E-state index is 0.00649. The molecule has 0 bridgehead atoms. The van der Waals surface area contributed by atoms with Crippen molar-refractivity contribution in [1.82, 2.24) is 26.6 Å². The lowest BCUT2D eigenvalue weighted by molar-refractivity contribution is -0.131. The first-order valence-electron chi connectivity index (χ1n) is 25.8. The summed E-state index contributed by atoms with van der Waals surface area (Å²) in [6.07, 6.45) is 11.0. The summed E-state index contributed by atoms with van der Waals surface area (Å²) in [7, 11) is 1.59. The lowest BCUT2D eigenvalue weighted by Gasteiger charge is -2.33. The van der Waals surface area contributed by atoms with E-state index < -0.39 is 65.7 Å². The van der Waals surface area contributed by atoms with Gasteiger partial charge in [-0.25, -0.2) is 0 Å². The third-order valence-electron chi connectivity index (χ3n) is 14.1. The van der Waals surface area contributed by atoms with Crippen molar-refractivity contribution in [3.8, 4) is 5.75 Å². The summed E-state index contributed by atoms with van der Waals surface area (Å²) < 4.78 is 5.34. The molecule has 0 saturated heterocycles. The van der Waals surface area contributed by atoms with Crippen LogP contribution in [0, 0.1) is 47.3 Å². The molecular formula is C52H93N9O7. The molecule has 0 spiro atoms. The zero-order valence-corrected chi connectivity index (χ0v) is 43.2. The Balaban J connectivity index is 2.31. The van der Waals surface area contributed by atoms with Gasteiger partial charge < -0.3 is 54.3 Å². The third kappa shape index (κ3) is 21.6. The van der Waals surface area contributed by atoms with Crippen LogP contribution in [0.1, 0.15) is 151 Å². The number of carbonyl (C=O) groups is 6. The number of primary amides is 1. The maximum absolute atomic E-state index is 14.2. The Kier molecular flexibility index (Phi) is 28.0. The third-order valence-corrected chi connectivity index (χ3v) is 14.1. The van der Waals surface area contributed by atoms with Crippen molar-refractivity contribution in [3.05, 3.63) is 29.8 Å². The Hall–Kier alpha value is -4.28. The zero-order valence-electron chi connectivity index (χ0n) is 43.2. The summed E-state index contributed by atoms with van der Waals surface area (Å²) in [5, 5.41) is 15.6. The summed E-state index contributed by atoms with van der Waals surface area (Å²) in [6.45, 7) is 16.1. The molecule has 0 heterocycles. The quantitative estimate of drug-likeness (QED) is 0.0442. The minimum atomic E-state index is -0.688. The van der Waals surface area contributed by atoms with Crippen LogP contribution in [-0.2, 0) is 35.2 Å². The highest BCUT2D eigenvalue weighted by molar-refractivity contribution is 5.86. The molecule has 1 aliphatic carbocycles. The van der Waals surface area contributed by atoms with E-state index in [1.807, 2.05) is 72.7 Å². The Morgan fingerprint density at radius 1 is 0.676 bits per heavy atom. The number of hydrogen-bond acceptors (Lipinski definition) is 10. The van der Waals surface area contributed by atoms with Crippen molar-refractivity contribution in [2.24, 2.45) is 70.3 Å². The molecule has 1 saturated carbocycles. The molecule has 0 aromatic heterocycles. The predicted molar refractivity (Wildman–Crippen MR) is 271 cm³/mol. The molecular weight excluding hydrogens is 863 g/mol. The van der Waals surface area contributed by atoms with E-state index >= 15 is 0 Å². The van der Waals surface area contributed by atoms with Gasteiger partial charge in [-0.2, -0.15) is 0 Å². The lowest BCUT2D eigenvalue weighted by Crippen LogP contribution is -2.52. The molecule has 2 rings (SSSR count). The summed E-state index contributed by atoms with van der Waals surface area (Å²) in [5.74, 6) is -3.67. The fraction of sp³-hybridized carbons (Fsp3) is 0.769. The highest BCUT2D eigenvalue weighted by Gasteiger charge is 2.35. The molecule has 1 aromatic carbocycles. The van der Waals surface area contributed by atoms with Gasteiger partial charge in [0.15, 0.2) is 0 Å². The topological polar surface area (TPSA) is 276 Å². The van der Waals surface area contributed by atoms with E-state index in [0.717, 1.165) is 44.1 Å². The van der Waals surface area contributed by atoms with Crippen molar-refractivity contribution in [3.63, 3.8) is 0 Å². The summed E-state index contributed by atoms with van der Waals surface area (Å²) in [5.41, 5.74) is 24.4. The van der Waals surface area contributed by atoms with Gasteiger partial charge in [-0.3, -0.25) is 28.8 Å². The number of nitrogens with two attached hydrogens (primary N) is 4. The first-order chi connectivity index (χ1) is 32.2. The number of unbranched alkanes of at least 4 members (excludes halogenated alkanes) is 2. The van der Waals surface area contributed by atoms with Gasteiger partial charge in [0.1, 0.15) is 5.75 Å². The Labute approximate surface area is 408 Å². The van der Waals surface area contributed by atoms with Crippen LogP contribution in [0.25, 0.3) is 0 Å². The summed E-state index contributed by atoms with van der Waals surface area (Å²) in [4.78, 5) is 82.3. The maximum atomic E-state index is 14.2. The second-order valence-electron chi connectivity index (χ2n) is 20.6. The van der Waals surface area contributed by atoms with E-state index in [4.69, 9.17) is 27.7 Å². The van der Waals surface area contributed by atoms with Crippen LogP contribution < -0.4 is 54.3 Å². The molecule has 10 atom stereocenters. The standard InChI is InChI=1S/C52H93N9O7/c1-32(2)27-45(34(5)48(56)63)61-49(64)35(6)46(29-38-17-11-10-12-18-38)60-47(62)30-40(19-13-15-25-53)59-52(67)44(33(3)4)31-57-50(65)43(28-39-21-23-41(68-9)24-22-39)37(8)58-51(66)42(36(7)55)20-14-16-26-54/h21-24,32-38,40,42-46H,10-20,25-31,53-55H2,1-9H3,(H2,56,63)(H,57,65)(H,58,66)(H,59,67)(H,60,62)(H,61,64)/t34-,35-,36+,37+,40-,42-,43-,44+,45+,46+/m0/s1. The molecule has 13 N–H and O–H groups in total. The number of benzene rings is 1. The van der Waals surface area contributed by atoms with Crippen LogP contribution in [0.4, 0.5) is 0 Å². The fourth-order valence-electron chi connectivity index (χ4n) is 9.38. The summed E-state index contributed by atoms with van der Waals surface area (Å²) in [6, 6.07) is 5.03. The van der Waals surface area contributed by atoms with E-state index in [1.54, 1.807) is 14.0 Å². The SMILES string of the molecule is COc1ccc(C[C@H](C(=O)NC[C@@H](C(=O)N[C@@H](CCCCN)CC(=O)N[C@H](CC2CCCCC2)[C@H](C)C(=O)N[C@H](CC(C)C)[C@H](C)C(N)=O)C(C)C)[C@@H](C)NC(=O)[C@@H](CCCCN)[C@@H](C)N)cc1. The number of amides is 6. The van der Waals surface area contributed by atoms with Crippen molar-refractivity contribution >= 4 is 35.4 Å². The molecule has 16 nitrogen and oxygen atoms in total. The van der Waals surface area contributed by atoms with Crippen LogP contribution in [0.2, 0.25) is 0 Å². The molecule has 1 aliphatic rings. The van der Waals surface area contributed by atoms with E-state index in [9.17, 15) is 28.8 Å². The van der Waals surface area contributed by atoms with Crippen LogP contribution in [0.5, 0.6) is 5.75 Å². The van der Waals surface area contributed by atoms with Gasteiger partial charge in [0.05, 0.1) is 36.7 Å². The number of carbonyl (C=O) groups excluding carboxylic acids is 6. The molecule has 0 aliphatic heterocycles. The monoisotopic (exact) mass is 956 g/mol. The van der Waals surface area contributed by atoms with Gasteiger partial charge in [0, 0.05) is 43.2 Å². The maximum Gasteiger partial charge on any atom is 0.225 e. The molecule has 1 fully saturated rings. The summed E-state index contributed by atoms with van der Waals surface area (Å²) >= 11 is 0. The van der Waals surface area contributed by atoms with Crippen LogP contribution in [0.3, 0.4) is 0 Å².